The molecule has 0 unspecified atom stereocenters. The Kier molecular flexibility index (Phi) is 12.5. The summed E-state index contributed by atoms with van der Waals surface area (Å²) in [7, 11) is 0. The molecule has 1 amide bonds. The van der Waals surface area contributed by atoms with Crippen molar-refractivity contribution in [2.75, 3.05) is 25.1 Å². The molecule has 2 aromatic rings. The lowest BCUT2D eigenvalue weighted by Crippen LogP contribution is -2.44. The molecule has 0 bridgehead atoms. The molecule has 1 aromatic heterocycles. The lowest BCUT2D eigenvalue weighted by molar-refractivity contribution is -0.137. The van der Waals surface area contributed by atoms with Crippen LogP contribution in [0, 0.1) is 0 Å². The van der Waals surface area contributed by atoms with Gasteiger partial charge in [-0.3, -0.25) is 14.8 Å². The van der Waals surface area contributed by atoms with Gasteiger partial charge in [0.1, 0.15) is 16.5 Å². The number of carbonyl (C=O) groups is 2. The normalized spacial score (nSPS) is 13.6. The smallest absolute Gasteiger partial charge is 0.334 e. The second kappa shape index (κ2) is 15.1. The van der Waals surface area contributed by atoms with E-state index in [-0.39, 0.29) is 48.2 Å². The molecule has 0 fully saturated rings. The summed E-state index contributed by atoms with van der Waals surface area (Å²) >= 11 is 12.4. The topological polar surface area (TPSA) is 124 Å². The molecular formula is C26H36Cl2N4O6. The average Bonchev–Trinajstić information content (AvgIpc) is 3.24. The highest BCUT2D eigenvalue weighted by Gasteiger charge is 2.24. The number of hydrogen-bond donors (Lipinski definition) is 3. The van der Waals surface area contributed by atoms with Crippen molar-refractivity contribution in [3.05, 3.63) is 52.3 Å². The van der Waals surface area contributed by atoms with Gasteiger partial charge >= 0.3 is 5.97 Å². The molecule has 210 valence electrons. The summed E-state index contributed by atoms with van der Waals surface area (Å²) < 4.78 is 18.1. The molecule has 10 nitrogen and oxygen atoms in total. The maximum absolute atomic E-state index is 13.2. The highest BCUT2D eigenvalue weighted by atomic mass is 35.5. The molecule has 2 rings (SSSR count). The van der Waals surface area contributed by atoms with Crippen molar-refractivity contribution >= 4 is 40.9 Å². The number of rotatable bonds is 15. The number of amides is 1. The first-order chi connectivity index (χ1) is 17.9. The van der Waals surface area contributed by atoms with E-state index in [2.05, 4.69) is 15.7 Å². The minimum atomic E-state index is -0.960. The summed E-state index contributed by atoms with van der Waals surface area (Å²) in [4.78, 5) is 25.4. The number of nitrogens with one attached hydrogen (secondary N) is 2. The number of halogens is 2. The van der Waals surface area contributed by atoms with E-state index < -0.39 is 17.6 Å². The van der Waals surface area contributed by atoms with Gasteiger partial charge < -0.3 is 24.6 Å². The van der Waals surface area contributed by atoms with Gasteiger partial charge in [0.05, 0.1) is 48.5 Å². The quantitative estimate of drug-likeness (QED) is 0.165. The fraction of sp³-hybridized carbons (Fsp3) is 0.500. The first-order valence-corrected chi connectivity index (χ1v) is 13.1. The van der Waals surface area contributed by atoms with Gasteiger partial charge in [0.25, 0.3) is 0 Å². The molecule has 0 saturated carbocycles. The molecular weight excluding hydrogens is 535 g/mol. The molecule has 0 aliphatic heterocycles. The molecule has 38 heavy (non-hydrogen) atoms. The van der Waals surface area contributed by atoms with Crippen LogP contribution in [0.4, 0.5) is 5.82 Å². The zero-order valence-corrected chi connectivity index (χ0v) is 23.8. The van der Waals surface area contributed by atoms with Gasteiger partial charge in [-0.25, -0.2) is 4.79 Å². The van der Waals surface area contributed by atoms with E-state index in [0.29, 0.717) is 23.9 Å². The minimum Gasteiger partial charge on any atom is -0.463 e. The van der Waals surface area contributed by atoms with Gasteiger partial charge in [-0.15, -0.1) is 0 Å². The van der Waals surface area contributed by atoms with E-state index in [1.807, 2.05) is 13.8 Å². The summed E-state index contributed by atoms with van der Waals surface area (Å²) in [5.74, 6) is -0.217. The van der Waals surface area contributed by atoms with Crippen LogP contribution in [-0.4, -0.2) is 64.3 Å². The van der Waals surface area contributed by atoms with Crippen molar-refractivity contribution in [1.29, 1.82) is 0 Å². The molecule has 12 heteroatoms. The summed E-state index contributed by atoms with van der Waals surface area (Å²) in [6.45, 7) is 9.69. The van der Waals surface area contributed by atoms with Crippen molar-refractivity contribution in [2.45, 2.75) is 65.3 Å². The van der Waals surface area contributed by atoms with Crippen molar-refractivity contribution in [3.8, 4) is 5.75 Å². The van der Waals surface area contributed by atoms with Gasteiger partial charge in [0.2, 0.25) is 5.91 Å². The van der Waals surface area contributed by atoms with E-state index in [1.54, 1.807) is 55.9 Å². The van der Waals surface area contributed by atoms with Crippen molar-refractivity contribution in [2.24, 2.45) is 0 Å². The zero-order valence-electron chi connectivity index (χ0n) is 22.3. The second-order valence-electron chi connectivity index (χ2n) is 9.15. The standard InChI is InChI=1S/C26H36Cl2N4O6/c1-6-36-17(3)13-20(25(34)30-22-11-12-32(31-22)16-26(4,5)35)29-15-18(14-23(33)37-7-2)38-21-10-8-9-19(27)24(21)28/h8-12,14,17,20,29,35H,6-7,13,15-16H2,1-5H3,(H,30,31,34)/t17-,20-/m0/s1. The zero-order chi connectivity index (χ0) is 28.3. The fourth-order valence-corrected chi connectivity index (χ4v) is 3.78. The SMILES string of the molecule is CCOC(=O)C=C(CN[C@@H](C[C@H](C)OCC)C(=O)Nc1ccn(CC(C)(C)O)n1)Oc1cccc(Cl)c1Cl. The number of benzene rings is 1. The van der Waals surface area contributed by atoms with E-state index in [1.165, 1.54) is 6.08 Å². The van der Waals surface area contributed by atoms with Crippen LogP contribution in [0.3, 0.4) is 0 Å². The first-order valence-electron chi connectivity index (χ1n) is 12.3. The Morgan fingerprint density at radius 2 is 1.95 bits per heavy atom. The van der Waals surface area contributed by atoms with Crippen LogP contribution >= 0.6 is 23.2 Å². The second-order valence-corrected chi connectivity index (χ2v) is 9.94. The van der Waals surface area contributed by atoms with Crippen LogP contribution < -0.4 is 15.4 Å². The summed E-state index contributed by atoms with van der Waals surface area (Å²) in [5, 5.41) is 20.7. The van der Waals surface area contributed by atoms with Gasteiger partial charge in [0, 0.05) is 18.9 Å². The van der Waals surface area contributed by atoms with E-state index in [0.717, 1.165) is 0 Å². The third-order valence-corrected chi connectivity index (χ3v) is 5.82. The van der Waals surface area contributed by atoms with Crippen LogP contribution in [0.15, 0.2) is 42.3 Å². The lowest BCUT2D eigenvalue weighted by Gasteiger charge is -2.22. The third-order valence-electron chi connectivity index (χ3n) is 5.02. The molecule has 3 N–H and O–H groups in total. The maximum Gasteiger partial charge on any atom is 0.334 e. The highest BCUT2D eigenvalue weighted by molar-refractivity contribution is 6.42. The minimum absolute atomic E-state index is 0.00820. The Balaban J connectivity index is 2.21. The molecule has 2 atom stereocenters. The fourth-order valence-electron chi connectivity index (χ4n) is 3.45. The molecule has 0 saturated heterocycles. The summed E-state index contributed by atoms with van der Waals surface area (Å²) in [6.07, 6.45) is 2.94. The van der Waals surface area contributed by atoms with Crippen molar-refractivity contribution in [3.63, 3.8) is 0 Å². The van der Waals surface area contributed by atoms with E-state index in [9.17, 15) is 14.7 Å². The molecule has 1 heterocycles. The summed E-state index contributed by atoms with van der Waals surface area (Å²) in [5.41, 5.74) is -0.960. The Morgan fingerprint density at radius 3 is 2.61 bits per heavy atom. The molecule has 1 aromatic carbocycles. The number of anilines is 1. The average molecular weight is 572 g/mol. The van der Waals surface area contributed by atoms with Crippen LogP contribution in [0.1, 0.15) is 41.0 Å². The van der Waals surface area contributed by atoms with Crippen LogP contribution in [0.25, 0.3) is 0 Å². The Bertz CT molecular complexity index is 1100. The Hall–Kier alpha value is -2.63. The highest BCUT2D eigenvalue weighted by Crippen LogP contribution is 2.32. The van der Waals surface area contributed by atoms with Crippen molar-refractivity contribution < 1.29 is 28.9 Å². The van der Waals surface area contributed by atoms with Gasteiger partial charge in [-0.2, -0.15) is 5.10 Å². The Labute approximate surface area is 233 Å². The first kappa shape index (κ1) is 31.6. The van der Waals surface area contributed by atoms with E-state index >= 15 is 0 Å². The third kappa shape index (κ3) is 11.0. The molecule has 0 aliphatic rings. The van der Waals surface area contributed by atoms with Gasteiger partial charge in [-0.05, 0) is 53.2 Å². The monoisotopic (exact) mass is 570 g/mol. The number of aromatic nitrogens is 2. The Morgan fingerprint density at radius 1 is 1.21 bits per heavy atom. The van der Waals surface area contributed by atoms with Crippen LogP contribution in [0.2, 0.25) is 10.0 Å². The number of hydrogen-bond acceptors (Lipinski definition) is 8. The number of esters is 1. The largest absolute Gasteiger partial charge is 0.463 e. The predicted octanol–water partition coefficient (Wildman–Crippen LogP) is 4.20. The van der Waals surface area contributed by atoms with Crippen LogP contribution in [0.5, 0.6) is 5.75 Å². The summed E-state index contributed by atoms with van der Waals surface area (Å²) in [6, 6.07) is 5.79. The molecule has 0 aliphatic carbocycles. The van der Waals surface area contributed by atoms with Gasteiger partial charge in [-0.1, -0.05) is 29.3 Å². The maximum atomic E-state index is 13.2. The number of nitrogens with zero attached hydrogens (tertiary/aromatic N) is 2. The number of aliphatic hydroxyl groups is 1. The molecule has 0 spiro atoms. The van der Waals surface area contributed by atoms with Crippen LogP contribution in [-0.2, 0) is 25.6 Å². The van der Waals surface area contributed by atoms with E-state index in [4.69, 9.17) is 37.4 Å². The predicted molar refractivity (Wildman–Crippen MR) is 146 cm³/mol. The molecule has 0 radical (unpaired) electrons. The number of carbonyl (C=O) groups excluding carboxylic acids is 2. The lowest BCUT2D eigenvalue weighted by atomic mass is 10.1. The van der Waals surface area contributed by atoms with Gasteiger partial charge in [0.15, 0.2) is 5.82 Å². The van der Waals surface area contributed by atoms with Crippen molar-refractivity contribution in [1.82, 2.24) is 15.1 Å². The number of ether oxygens (including phenoxy) is 3.